The molecule has 0 radical (unpaired) electrons. The lowest BCUT2D eigenvalue weighted by Crippen LogP contribution is -2.68. The number of benzene rings is 3. The number of hydrogen-bond acceptors (Lipinski definition) is 4. The molecule has 0 saturated carbocycles. The molecule has 192 valence electrons. The van der Waals surface area contributed by atoms with Crippen LogP contribution in [0.4, 0.5) is 5.69 Å². The molecule has 0 spiro atoms. The number of rotatable bonds is 7. The minimum Gasteiger partial charge on any atom is -0.490 e. The predicted molar refractivity (Wildman–Crippen MR) is 149 cm³/mol. The monoisotopic (exact) mass is 496 g/mol. The number of anilines is 1. The van der Waals surface area contributed by atoms with E-state index in [0.29, 0.717) is 31.9 Å². The molecule has 2 aliphatic rings. The first kappa shape index (κ1) is 24.9. The van der Waals surface area contributed by atoms with Crippen molar-refractivity contribution < 1.29 is 14.3 Å². The van der Waals surface area contributed by atoms with Crippen LogP contribution in [0.5, 0.6) is 11.5 Å². The summed E-state index contributed by atoms with van der Waals surface area (Å²) in [4.78, 5) is 15.1. The summed E-state index contributed by atoms with van der Waals surface area (Å²) in [5, 5.41) is 3.36. The van der Waals surface area contributed by atoms with E-state index in [-0.39, 0.29) is 11.3 Å². The van der Waals surface area contributed by atoms with E-state index in [1.807, 2.05) is 25.1 Å². The van der Waals surface area contributed by atoms with Gasteiger partial charge in [-0.15, -0.1) is 0 Å². The summed E-state index contributed by atoms with van der Waals surface area (Å²) in [5.74, 6) is 1.51. The van der Waals surface area contributed by atoms with Crippen LogP contribution in [0.2, 0.25) is 0 Å². The standard InChI is InChI=1S/C32H36N2O3/c1-6-36-29-20-24(12-14-28(29)37-21-25-10-7-22(2)8-11-25)15-17-32-31(4,5)26-19-23(3)9-13-27(26)34(32)18-16-30(35)33-32/h7-15,17,19-20H,6,16,18,21H2,1-5H3,(H,33,35). The van der Waals surface area contributed by atoms with Gasteiger partial charge in [-0.25, -0.2) is 0 Å². The van der Waals surface area contributed by atoms with Gasteiger partial charge < -0.3 is 19.7 Å². The van der Waals surface area contributed by atoms with Gasteiger partial charge in [0, 0.05) is 24.1 Å². The Bertz CT molecular complexity index is 1340. The molecule has 5 heteroatoms. The molecule has 2 heterocycles. The van der Waals surface area contributed by atoms with Gasteiger partial charge in [-0.2, -0.15) is 0 Å². The number of carbonyl (C=O) groups is 1. The first-order valence-corrected chi connectivity index (χ1v) is 13.1. The highest BCUT2D eigenvalue weighted by molar-refractivity contribution is 5.84. The topological polar surface area (TPSA) is 50.8 Å². The molecular formula is C32H36N2O3. The van der Waals surface area contributed by atoms with E-state index in [1.165, 1.54) is 22.4 Å². The van der Waals surface area contributed by atoms with Gasteiger partial charge in [0.05, 0.1) is 6.61 Å². The predicted octanol–water partition coefficient (Wildman–Crippen LogP) is 6.31. The van der Waals surface area contributed by atoms with E-state index < -0.39 is 5.66 Å². The molecule has 37 heavy (non-hydrogen) atoms. The van der Waals surface area contributed by atoms with Crippen LogP contribution in [0.3, 0.4) is 0 Å². The largest absolute Gasteiger partial charge is 0.490 e. The van der Waals surface area contributed by atoms with E-state index >= 15 is 0 Å². The number of amides is 1. The van der Waals surface area contributed by atoms with Crippen molar-refractivity contribution in [2.75, 3.05) is 18.1 Å². The van der Waals surface area contributed by atoms with Crippen LogP contribution in [0.25, 0.3) is 6.08 Å². The molecule has 1 fully saturated rings. The fraction of sp³-hybridized carbons (Fsp3) is 0.344. The minimum absolute atomic E-state index is 0.0772. The van der Waals surface area contributed by atoms with Crippen molar-refractivity contribution in [2.24, 2.45) is 0 Å². The second-order valence-corrected chi connectivity index (χ2v) is 10.6. The Labute approximate surface area is 220 Å². The minimum atomic E-state index is -0.648. The van der Waals surface area contributed by atoms with Crippen LogP contribution >= 0.6 is 0 Å². The maximum atomic E-state index is 12.7. The summed E-state index contributed by atoms with van der Waals surface area (Å²) in [5.41, 5.74) is 6.03. The third kappa shape index (κ3) is 4.48. The van der Waals surface area contributed by atoms with Crippen molar-refractivity contribution in [1.82, 2.24) is 5.32 Å². The fourth-order valence-electron chi connectivity index (χ4n) is 5.55. The first-order chi connectivity index (χ1) is 17.7. The molecule has 5 rings (SSSR count). The number of nitrogens with zero attached hydrogens (tertiary/aromatic N) is 1. The number of aryl methyl sites for hydroxylation is 2. The Morgan fingerprint density at radius 2 is 1.70 bits per heavy atom. The Kier molecular flexibility index (Phi) is 6.49. The number of ether oxygens (including phenoxy) is 2. The third-order valence-electron chi connectivity index (χ3n) is 7.69. The van der Waals surface area contributed by atoms with Crippen molar-refractivity contribution in [3.63, 3.8) is 0 Å². The molecule has 3 aromatic rings. The summed E-state index contributed by atoms with van der Waals surface area (Å²) in [6, 6.07) is 20.9. The molecule has 1 N–H and O–H groups in total. The molecule has 2 aliphatic heterocycles. The van der Waals surface area contributed by atoms with Crippen molar-refractivity contribution >= 4 is 17.7 Å². The number of fused-ring (bicyclic) bond motifs is 3. The van der Waals surface area contributed by atoms with Crippen molar-refractivity contribution in [2.45, 2.75) is 58.7 Å². The SMILES string of the molecule is CCOc1cc(C=CC23NC(=O)CCN2c2ccc(C)cc2C3(C)C)ccc1OCc1ccc(C)cc1. The van der Waals surface area contributed by atoms with Crippen LogP contribution in [0.15, 0.2) is 66.7 Å². The van der Waals surface area contributed by atoms with Crippen molar-refractivity contribution in [1.29, 1.82) is 0 Å². The lowest BCUT2D eigenvalue weighted by atomic mass is 9.74. The summed E-state index contributed by atoms with van der Waals surface area (Å²) >= 11 is 0. The molecule has 3 aromatic carbocycles. The molecule has 1 saturated heterocycles. The second-order valence-electron chi connectivity index (χ2n) is 10.6. The lowest BCUT2D eigenvalue weighted by Gasteiger charge is -2.49. The van der Waals surface area contributed by atoms with Crippen LogP contribution in [-0.4, -0.2) is 24.7 Å². The van der Waals surface area contributed by atoms with Gasteiger partial charge in [0.2, 0.25) is 5.91 Å². The summed E-state index contributed by atoms with van der Waals surface area (Å²) in [7, 11) is 0. The molecule has 1 atom stereocenters. The van der Waals surface area contributed by atoms with Gasteiger partial charge in [0.15, 0.2) is 11.5 Å². The van der Waals surface area contributed by atoms with Crippen LogP contribution in [0.1, 0.15) is 55.0 Å². The zero-order valence-electron chi connectivity index (χ0n) is 22.4. The van der Waals surface area contributed by atoms with E-state index in [2.05, 4.69) is 92.5 Å². The zero-order chi connectivity index (χ0) is 26.2. The summed E-state index contributed by atoms with van der Waals surface area (Å²) in [6.07, 6.45) is 4.73. The molecule has 5 nitrogen and oxygen atoms in total. The smallest absolute Gasteiger partial charge is 0.223 e. The fourth-order valence-corrected chi connectivity index (χ4v) is 5.55. The highest BCUT2D eigenvalue weighted by Crippen LogP contribution is 2.52. The normalized spacial score (nSPS) is 19.9. The van der Waals surface area contributed by atoms with Gasteiger partial charge in [-0.1, -0.05) is 73.5 Å². The summed E-state index contributed by atoms with van der Waals surface area (Å²) < 4.78 is 12.1. The number of hydrogen-bond donors (Lipinski definition) is 1. The summed E-state index contributed by atoms with van der Waals surface area (Å²) in [6.45, 7) is 12.3. The van der Waals surface area contributed by atoms with Crippen LogP contribution < -0.4 is 19.7 Å². The van der Waals surface area contributed by atoms with Crippen molar-refractivity contribution in [3.05, 3.63) is 94.6 Å². The second kappa shape index (κ2) is 9.62. The Morgan fingerprint density at radius 1 is 0.946 bits per heavy atom. The Morgan fingerprint density at radius 3 is 2.46 bits per heavy atom. The molecule has 1 unspecified atom stereocenters. The number of carbonyl (C=O) groups excluding carboxylic acids is 1. The van der Waals surface area contributed by atoms with Gasteiger partial charge in [0.1, 0.15) is 12.3 Å². The van der Waals surface area contributed by atoms with Crippen LogP contribution in [0, 0.1) is 13.8 Å². The van der Waals surface area contributed by atoms with Crippen LogP contribution in [-0.2, 0) is 16.8 Å². The van der Waals surface area contributed by atoms with Gasteiger partial charge in [-0.05, 0) is 61.7 Å². The van der Waals surface area contributed by atoms with E-state index in [0.717, 1.165) is 16.9 Å². The third-order valence-corrected chi connectivity index (χ3v) is 7.69. The Hall–Kier alpha value is -3.73. The highest BCUT2D eigenvalue weighted by Gasteiger charge is 2.57. The average Bonchev–Trinajstić information content (AvgIpc) is 3.06. The molecule has 0 aliphatic carbocycles. The van der Waals surface area contributed by atoms with Crippen molar-refractivity contribution in [3.8, 4) is 11.5 Å². The first-order valence-electron chi connectivity index (χ1n) is 13.1. The van der Waals surface area contributed by atoms with E-state index in [9.17, 15) is 4.79 Å². The maximum absolute atomic E-state index is 12.7. The molecule has 0 bridgehead atoms. The Balaban J connectivity index is 1.45. The van der Waals surface area contributed by atoms with Gasteiger partial charge in [-0.3, -0.25) is 4.79 Å². The number of nitrogens with one attached hydrogen (secondary N) is 1. The van der Waals surface area contributed by atoms with E-state index in [4.69, 9.17) is 9.47 Å². The molecule has 0 aromatic heterocycles. The average molecular weight is 497 g/mol. The zero-order valence-corrected chi connectivity index (χ0v) is 22.4. The maximum Gasteiger partial charge on any atom is 0.223 e. The highest BCUT2D eigenvalue weighted by atomic mass is 16.5. The molecular weight excluding hydrogens is 460 g/mol. The molecule has 1 amide bonds. The van der Waals surface area contributed by atoms with Gasteiger partial charge >= 0.3 is 0 Å². The van der Waals surface area contributed by atoms with Gasteiger partial charge in [0.25, 0.3) is 0 Å². The lowest BCUT2D eigenvalue weighted by molar-refractivity contribution is -0.124. The van der Waals surface area contributed by atoms with E-state index in [1.54, 1.807) is 0 Å². The quantitative estimate of drug-likeness (QED) is 0.417.